The van der Waals surface area contributed by atoms with Gasteiger partial charge in [-0.3, -0.25) is 4.90 Å². The SMILES string of the molecule is c1cc(CN2CCCC(n3ccnn3)C2)c2c(c1)OCCCO2. The monoisotopic (exact) mass is 314 g/mol. The van der Waals surface area contributed by atoms with E-state index in [1.807, 2.05) is 16.9 Å². The Labute approximate surface area is 136 Å². The van der Waals surface area contributed by atoms with Crippen molar-refractivity contribution in [2.45, 2.75) is 31.8 Å². The first-order valence-corrected chi connectivity index (χ1v) is 8.36. The van der Waals surface area contributed by atoms with Crippen LogP contribution in [-0.4, -0.2) is 46.2 Å². The Bertz CT molecular complexity index is 644. The van der Waals surface area contributed by atoms with Crippen LogP contribution in [0.25, 0.3) is 0 Å². The number of fused-ring (bicyclic) bond motifs is 1. The summed E-state index contributed by atoms with van der Waals surface area (Å²) < 4.78 is 13.7. The van der Waals surface area contributed by atoms with Crippen LogP contribution in [0.1, 0.15) is 30.9 Å². The predicted molar refractivity (Wildman–Crippen MR) is 85.6 cm³/mol. The Morgan fingerprint density at radius 1 is 1.17 bits per heavy atom. The summed E-state index contributed by atoms with van der Waals surface area (Å²) in [4.78, 5) is 2.47. The maximum Gasteiger partial charge on any atom is 0.165 e. The van der Waals surface area contributed by atoms with Crippen LogP contribution in [0.4, 0.5) is 0 Å². The summed E-state index contributed by atoms with van der Waals surface area (Å²) in [6.45, 7) is 4.45. The Hall–Kier alpha value is -2.08. The van der Waals surface area contributed by atoms with Crippen LogP contribution in [0, 0.1) is 0 Å². The van der Waals surface area contributed by atoms with Crippen molar-refractivity contribution in [2.75, 3.05) is 26.3 Å². The standard InChI is InChI=1S/C17H22N4O2/c1-4-14(17-16(6-1)22-10-3-11-23-17)12-20-8-2-5-15(13-20)21-9-7-18-19-21/h1,4,6-7,9,15H,2-3,5,8,10-13H2. The maximum atomic E-state index is 5.94. The molecule has 3 heterocycles. The number of rotatable bonds is 3. The van der Waals surface area contributed by atoms with E-state index in [4.69, 9.17) is 9.47 Å². The quantitative estimate of drug-likeness (QED) is 0.870. The van der Waals surface area contributed by atoms with Gasteiger partial charge < -0.3 is 9.47 Å². The van der Waals surface area contributed by atoms with Gasteiger partial charge in [-0.05, 0) is 25.5 Å². The van der Waals surface area contributed by atoms with E-state index in [0.717, 1.165) is 57.2 Å². The smallest absolute Gasteiger partial charge is 0.165 e. The molecule has 2 aromatic rings. The van der Waals surface area contributed by atoms with Crippen LogP contribution in [0.2, 0.25) is 0 Å². The van der Waals surface area contributed by atoms with Gasteiger partial charge in [0.2, 0.25) is 0 Å². The molecule has 0 bridgehead atoms. The van der Waals surface area contributed by atoms with E-state index < -0.39 is 0 Å². The highest BCUT2D eigenvalue weighted by molar-refractivity contribution is 5.47. The molecule has 0 spiro atoms. The molecule has 1 atom stereocenters. The molecule has 0 radical (unpaired) electrons. The summed E-state index contributed by atoms with van der Waals surface area (Å²) in [7, 11) is 0. The molecule has 2 aliphatic heterocycles. The number of aromatic nitrogens is 3. The van der Waals surface area contributed by atoms with Crippen LogP contribution in [-0.2, 0) is 6.54 Å². The van der Waals surface area contributed by atoms with Crippen molar-refractivity contribution in [1.29, 1.82) is 0 Å². The molecule has 1 aromatic carbocycles. The average Bonchev–Trinajstić information content (AvgIpc) is 3.01. The van der Waals surface area contributed by atoms with Gasteiger partial charge in [0, 0.05) is 31.3 Å². The lowest BCUT2D eigenvalue weighted by molar-refractivity contribution is 0.160. The van der Waals surface area contributed by atoms with Gasteiger partial charge in [0.25, 0.3) is 0 Å². The Balaban J connectivity index is 1.49. The van der Waals surface area contributed by atoms with E-state index >= 15 is 0 Å². The van der Waals surface area contributed by atoms with Crippen molar-refractivity contribution in [2.24, 2.45) is 0 Å². The van der Waals surface area contributed by atoms with Gasteiger partial charge >= 0.3 is 0 Å². The molecule has 122 valence electrons. The van der Waals surface area contributed by atoms with Gasteiger partial charge in [0.1, 0.15) is 0 Å². The fourth-order valence-corrected chi connectivity index (χ4v) is 3.42. The van der Waals surface area contributed by atoms with Gasteiger partial charge in [-0.15, -0.1) is 5.10 Å². The van der Waals surface area contributed by atoms with Crippen LogP contribution >= 0.6 is 0 Å². The fraction of sp³-hybridized carbons (Fsp3) is 0.529. The lowest BCUT2D eigenvalue weighted by atomic mass is 10.0. The second-order valence-electron chi connectivity index (χ2n) is 6.21. The molecule has 6 nitrogen and oxygen atoms in total. The van der Waals surface area contributed by atoms with Gasteiger partial charge in [-0.2, -0.15) is 0 Å². The normalized spacial score (nSPS) is 21.8. The molecule has 1 unspecified atom stereocenters. The van der Waals surface area contributed by atoms with Crippen molar-refractivity contribution in [3.63, 3.8) is 0 Å². The molecule has 23 heavy (non-hydrogen) atoms. The number of para-hydroxylation sites is 1. The third kappa shape index (κ3) is 3.17. The molecule has 2 aliphatic rings. The Morgan fingerprint density at radius 3 is 3.04 bits per heavy atom. The largest absolute Gasteiger partial charge is 0.490 e. The summed E-state index contributed by atoms with van der Waals surface area (Å²) in [5.41, 5.74) is 1.21. The van der Waals surface area contributed by atoms with E-state index in [1.54, 1.807) is 6.20 Å². The van der Waals surface area contributed by atoms with Crippen molar-refractivity contribution >= 4 is 0 Å². The molecule has 1 aromatic heterocycles. The molecule has 0 N–H and O–H groups in total. The van der Waals surface area contributed by atoms with E-state index in [1.165, 1.54) is 12.0 Å². The van der Waals surface area contributed by atoms with E-state index in [2.05, 4.69) is 27.3 Å². The van der Waals surface area contributed by atoms with Crippen molar-refractivity contribution in [1.82, 2.24) is 19.9 Å². The third-order valence-electron chi connectivity index (χ3n) is 4.54. The Kier molecular flexibility index (Phi) is 4.15. The first-order chi connectivity index (χ1) is 11.4. The highest BCUT2D eigenvalue weighted by atomic mass is 16.5. The number of ether oxygens (including phenoxy) is 2. The summed E-state index contributed by atoms with van der Waals surface area (Å²) in [5, 5.41) is 8.09. The molecule has 1 fully saturated rings. The van der Waals surface area contributed by atoms with Crippen molar-refractivity contribution in [3.8, 4) is 11.5 Å². The number of nitrogens with zero attached hydrogens (tertiary/aromatic N) is 4. The predicted octanol–water partition coefficient (Wildman–Crippen LogP) is 2.28. The molecule has 0 saturated carbocycles. The second-order valence-corrected chi connectivity index (χ2v) is 6.21. The molecular weight excluding hydrogens is 292 g/mol. The van der Waals surface area contributed by atoms with Gasteiger partial charge in [-0.1, -0.05) is 17.3 Å². The third-order valence-corrected chi connectivity index (χ3v) is 4.54. The maximum absolute atomic E-state index is 5.94. The molecule has 4 rings (SSSR count). The fourth-order valence-electron chi connectivity index (χ4n) is 3.42. The number of likely N-dealkylation sites (tertiary alicyclic amines) is 1. The zero-order chi connectivity index (χ0) is 15.5. The number of benzene rings is 1. The van der Waals surface area contributed by atoms with E-state index in [9.17, 15) is 0 Å². The number of piperidine rings is 1. The molecule has 6 heteroatoms. The lowest BCUT2D eigenvalue weighted by Gasteiger charge is -2.32. The summed E-state index contributed by atoms with van der Waals surface area (Å²) in [6.07, 6.45) is 6.98. The lowest BCUT2D eigenvalue weighted by Crippen LogP contribution is -2.36. The van der Waals surface area contributed by atoms with Crippen LogP contribution in [0.3, 0.4) is 0 Å². The van der Waals surface area contributed by atoms with Crippen LogP contribution in [0.15, 0.2) is 30.6 Å². The van der Waals surface area contributed by atoms with Crippen LogP contribution < -0.4 is 9.47 Å². The molecule has 1 saturated heterocycles. The second kappa shape index (κ2) is 6.58. The molecular formula is C17H22N4O2. The van der Waals surface area contributed by atoms with Crippen molar-refractivity contribution in [3.05, 3.63) is 36.2 Å². The highest BCUT2D eigenvalue weighted by Gasteiger charge is 2.23. The Morgan fingerprint density at radius 2 is 2.13 bits per heavy atom. The van der Waals surface area contributed by atoms with Crippen molar-refractivity contribution < 1.29 is 9.47 Å². The molecule has 0 amide bonds. The summed E-state index contributed by atoms with van der Waals surface area (Å²) in [5.74, 6) is 1.80. The van der Waals surface area contributed by atoms with Gasteiger partial charge in [0.15, 0.2) is 11.5 Å². The van der Waals surface area contributed by atoms with Crippen LogP contribution in [0.5, 0.6) is 11.5 Å². The first kappa shape index (κ1) is 14.5. The topological polar surface area (TPSA) is 52.4 Å². The summed E-state index contributed by atoms with van der Waals surface area (Å²) in [6, 6.07) is 6.61. The van der Waals surface area contributed by atoms with E-state index in [-0.39, 0.29) is 0 Å². The van der Waals surface area contributed by atoms with Gasteiger partial charge in [-0.25, -0.2) is 4.68 Å². The number of hydrogen-bond donors (Lipinski definition) is 0. The zero-order valence-corrected chi connectivity index (χ0v) is 13.2. The minimum absolute atomic E-state index is 0.408. The van der Waals surface area contributed by atoms with E-state index in [0.29, 0.717) is 6.04 Å². The minimum Gasteiger partial charge on any atom is -0.490 e. The summed E-state index contributed by atoms with van der Waals surface area (Å²) >= 11 is 0. The first-order valence-electron chi connectivity index (χ1n) is 8.36. The van der Waals surface area contributed by atoms with Gasteiger partial charge in [0.05, 0.1) is 25.5 Å². The minimum atomic E-state index is 0.408. The zero-order valence-electron chi connectivity index (χ0n) is 13.2. The molecule has 0 aliphatic carbocycles. The number of hydrogen-bond acceptors (Lipinski definition) is 5. The highest BCUT2D eigenvalue weighted by Crippen LogP contribution is 2.34. The average molecular weight is 314 g/mol.